The van der Waals surface area contributed by atoms with Gasteiger partial charge in [-0.25, -0.2) is 29.3 Å². The van der Waals surface area contributed by atoms with E-state index in [2.05, 4.69) is 24.8 Å². The van der Waals surface area contributed by atoms with Crippen molar-refractivity contribution in [3.8, 4) is 28.7 Å². The number of methoxy groups -OCH3 is 1. The third-order valence-electron chi connectivity index (χ3n) is 7.53. The topological polar surface area (TPSA) is 86.8 Å². The van der Waals surface area contributed by atoms with Crippen molar-refractivity contribution in [2.75, 3.05) is 18.6 Å². The number of rotatable bonds is 6. The summed E-state index contributed by atoms with van der Waals surface area (Å²) in [5.74, 6) is 1.27. The fourth-order valence-corrected chi connectivity index (χ4v) is 5.40. The zero-order valence-corrected chi connectivity index (χ0v) is 22.2. The minimum atomic E-state index is -4.52. The molecule has 1 aliphatic heterocycles. The standard InChI is InChI=1S/C28H24F4N8O/c1-38-13-19(28(30,31)32)35-25(38)17-5-3-15(4-6-17)11-40-10-9-39-12-18(29)22-23(39)26(40)37-24(36-22)20-21(16-7-8-16)33-14-34-27(20)41-2/h3-6,12-14,16H,7-11H2,1-2H3. The van der Waals surface area contributed by atoms with Crippen LogP contribution in [0.5, 0.6) is 5.88 Å². The molecule has 2 aliphatic rings. The Morgan fingerprint density at radius 3 is 2.46 bits per heavy atom. The van der Waals surface area contributed by atoms with Crippen LogP contribution in [0.2, 0.25) is 0 Å². The lowest BCUT2D eigenvalue weighted by molar-refractivity contribution is -0.140. The van der Waals surface area contributed by atoms with E-state index in [-0.39, 0.29) is 17.3 Å². The van der Waals surface area contributed by atoms with Crippen LogP contribution in [0, 0.1) is 5.82 Å². The second-order valence-electron chi connectivity index (χ2n) is 10.3. The fourth-order valence-electron chi connectivity index (χ4n) is 5.40. The Hall–Kier alpha value is -4.55. The second kappa shape index (κ2) is 9.25. The summed E-state index contributed by atoms with van der Waals surface area (Å²) >= 11 is 0. The fraction of sp³-hybridized carbons (Fsp3) is 0.321. The molecular weight excluding hydrogens is 540 g/mol. The molecule has 0 unspecified atom stereocenters. The minimum absolute atomic E-state index is 0.216. The molecule has 5 aromatic rings. The lowest BCUT2D eigenvalue weighted by Crippen LogP contribution is -2.32. The van der Waals surface area contributed by atoms with Gasteiger partial charge in [0.05, 0.1) is 12.8 Å². The summed E-state index contributed by atoms with van der Waals surface area (Å²) in [5, 5.41) is 0. The first-order valence-electron chi connectivity index (χ1n) is 13.1. The van der Waals surface area contributed by atoms with Gasteiger partial charge >= 0.3 is 6.18 Å². The molecule has 0 saturated heterocycles. The molecule has 0 radical (unpaired) electrons. The Labute approximate surface area is 231 Å². The van der Waals surface area contributed by atoms with Crippen LogP contribution in [0.3, 0.4) is 0 Å². The van der Waals surface area contributed by atoms with Crippen LogP contribution in [0.25, 0.3) is 33.8 Å². The van der Waals surface area contributed by atoms with E-state index in [9.17, 15) is 13.2 Å². The number of halogens is 4. The summed E-state index contributed by atoms with van der Waals surface area (Å²) in [4.78, 5) is 24.1. The van der Waals surface area contributed by atoms with E-state index in [1.54, 1.807) is 12.1 Å². The Morgan fingerprint density at radius 2 is 1.78 bits per heavy atom. The van der Waals surface area contributed by atoms with E-state index in [0.717, 1.165) is 30.3 Å². The molecule has 210 valence electrons. The lowest BCUT2D eigenvalue weighted by atomic mass is 10.1. The molecule has 0 bridgehead atoms. The van der Waals surface area contributed by atoms with Crippen molar-refractivity contribution in [3.63, 3.8) is 0 Å². The zero-order valence-electron chi connectivity index (χ0n) is 22.2. The highest BCUT2D eigenvalue weighted by atomic mass is 19.4. The van der Waals surface area contributed by atoms with Crippen molar-refractivity contribution >= 4 is 16.9 Å². The van der Waals surface area contributed by atoms with Crippen LogP contribution >= 0.6 is 0 Å². The number of benzene rings is 1. The van der Waals surface area contributed by atoms with E-state index < -0.39 is 17.7 Å². The number of aryl methyl sites for hydroxylation is 1. The predicted octanol–water partition coefficient (Wildman–Crippen LogP) is 5.35. The third kappa shape index (κ3) is 4.35. The van der Waals surface area contributed by atoms with Gasteiger partial charge in [0.2, 0.25) is 5.88 Å². The summed E-state index contributed by atoms with van der Waals surface area (Å²) in [6, 6.07) is 7.20. The Kier molecular flexibility index (Phi) is 5.73. The second-order valence-corrected chi connectivity index (χ2v) is 10.3. The highest BCUT2D eigenvalue weighted by Crippen LogP contribution is 2.46. The molecule has 0 amide bonds. The quantitative estimate of drug-likeness (QED) is 0.257. The molecule has 0 N–H and O–H groups in total. The average Bonchev–Trinajstić information content (AvgIpc) is 3.65. The van der Waals surface area contributed by atoms with Gasteiger partial charge in [-0.1, -0.05) is 24.3 Å². The lowest BCUT2D eigenvalue weighted by Gasteiger charge is -2.29. The molecule has 0 spiro atoms. The summed E-state index contributed by atoms with van der Waals surface area (Å²) in [6.45, 7) is 1.57. The molecule has 9 nitrogen and oxygen atoms in total. The molecule has 1 fully saturated rings. The van der Waals surface area contributed by atoms with Gasteiger partial charge in [0.15, 0.2) is 23.2 Å². The molecule has 13 heteroatoms. The first-order chi connectivity index (χ1) is 19.7. The van der Waals surface area contributed by atoms with Gasteiger partial charge in [0.1, 0.15) is 28.7 Å². The highest BCUT2D eigenvalue weighted by molar-refractivity contribution is 5.90. The van der Waals surface area contributed by atoms with Crippen molar-refractivity contribution in [2.45, 2.75) is 38.0 Å². The molecule has 7 rings (SSSR count). The van der Waals surface area contributed by atoms with Gasteiger partial charge in [0, 0.05) is 50.6 Å². The van der Waals surface area contributed by atoms with Crippen molar-refractivity contribution in [1.29, 1.82) is 0 Å². The van der Waals surface area contributed by atoms with Gasteiger partial charge in [-0.15, -0.1) is 0 Å². The first-order valence-corrected chi connectivity index (χ1v) is 13.1. The number of aromatic nitrogens is 7. The Morgan fingerprint density at radius 1 is 1.00 bits per heavy atom. The van der Waals surface area contributed by atoms with Gasteiger partial charge in [-0.2, -0.15) is 13.2 Å². The maximum absolute atomic E-state index is 15.1. The normalized spacial score (nSPS) is 15.1. The van der Waals surface area contributed by atoms with Gasteiger partial charge < -0.3 is 18.8 Å². The predicted molar refractivity (Wildman–Crippen MR) is 142 cm³/mol. The van der Waals surface area contributed by atoms with Crippen molar-refractivity contribution in [3.05, 3.63) is 65.8 Å². The zero-order chi connectivity index (χ0) is 28.5. The summed E-state index contributed by atoms with van der Waals surface area (Å²) in [5.41, 5.74) is 2.73. The molecule has 5 heterocycles. The molecule has 1 aromatic carbocycles. The number of nitrogens with zero attached hydrogens (tertiary/aromatic N) is 8. The summed E-state index contributed by atoms with van der Waals surface area (Å²) < 4.78 is 63.3. The average molecular weight is 565 g/mol. The van der Waals surface area contributed by atoms with E-state index in [1.165, 1.54) is 31.2 Å². The van der Waals surface area contributed by atoms with Crippen LogP contribution < -0.4 is 9.64 Å². The van der Waals surface area contributed by atoms with Crippen LogP contribution in [0.1, 0.15) is 35.7 Å². The number of alkyl halides is 3. The number of hydrogen-bond acceptors (Lipinski definition) is 7. The van der Waals surface area contributed by atoms with E-state index in [0.29, 0.717) is 53.8 Å². The van der Waals surface area contributed by atoms with Gasteiger partial charge in [-0.3, -0.25) is 0 Å². The first kappa shape index (κ1) is 25.4. The van der Waals surface area contributed by atoms with Crippen molar-refractivity contribution in [1.82, 2.24) is 34.1 Å². The largest absolute Gasteiger partial charge is 0.480 e. The summed E-state index contributed by atoms with van der Waals surface area (Å²) in [7, 11) is 3.06. The highest BCUT2D eigenvalue weighted by Gasteiger charge is 2.35. The Balaban J connectivity index is 1.26. The van der Waals surface area contributed by atoms with Gasteiger partial charge in [0.25, 0.3) is 0 Å². The van der Waals surface area contributed by atoms with Crippen LogP contribution in [-0.2, 0) is 26.3 Å². The maximum atomic E-state index is 15.1. The number of anilines is 1. The SMILES string of the molecule is COc1ncnc(C2CC2)c1-c1nc2c3c(n1)c(F)cn3CCN2Cc1ccc(-c2nc(C(F)(F)F)cn2C)cc1. The van der Waals surface area contributed by atoms with E-state index in [4.69, 9.17) is 9.72 Å². The molecule has 41 heavy (non-hydrogen) atoms. The Bertz CT molecular complexity index is 1790. The van der Waals surface area contributed by atoms with Crippen LogP contribution in [-0.4, -0.2) is 47.7 Å². The third-order valence-corrected chi connectivity index (χ3v) is 7.53. The number of ether oxygens (including phenoxy) is 1. The van der Waals surface area contributed by atoms with Crippen molar-refractivity contribution < 1.29 is 22.3 Å². The molecule has 1 saturated carbocycles. The number of imidazole rings is 1. The molecule has 4 aromatic heterocycles. The van der Waals surface area contributed by atoms with Crippen LogP contribution in [0.15, 0.2) is 43.0 Å². The number of hydrogen-bond donors (Lipinski definition) is 0. The maximum Gasteiger partial charge on any atom is 0.434 e. The minimum Gasteiger partial charge on any atom is -0.480 e. The van der Waals surface area contributed by atoms with Gasteiger partial charge in [-0.05, 0) is 18.4 Å². The summed E-state index contributed by atoms with van der Waals surface area (Å²) in [6.07, 6.45) is 1.35. The molecule has 1 aliphatic carbocycles. The smallest absolute Gasteiger partial charge is 0.434 e. The monoisotopic (exact) mass is 564 g/mol. The molecular formula is C28H24F4N8O. The van der Waals surface area contributed by atoms with Crippen molar-refractivity contribution in [2.24, 2.45) is 7.05 Å². The van der Waals surface area contributed by atoms with Crippen LogP contribution in [0.4, 0.5) is 23.4 Å². The van der Waals surface area contributed by atoms with E-state index in [1.807, 2.05) is 16.7 Å². The van der Waals surface area contributed by atoms with E-state index >= 15 is 4.39 Å². The molecule has 0 atom stereocenters.